The summed E-state index contributed by atoms with van der Waals surface area (Å²) in [5.74, 6) is 1.85. The molecule has 1 fully saturated rings. The highest BCUT2D eigenvalue weighted by Crippen LogP contribution is 2.31. The van der Waals surface area contributed by atoms with Gasteiger partial charge < -0.3 is 24.4 Å². The van der Waals surface area contributed by atoms with E-state index in [2.05, 4.69) is 34.0 Å². The highest BCUT2D eigenvalue weighted by atomic mass is 35.5. The van der Waals surface area contributed by atoms with E-state index in [1.54, 1.807) is 13.2 Å². The van der Waals surface area contributed by atoms with Gasteiger partial charge >= 0.3 is 5.97 Å². The Morgan fingerprint density at radius 2 is 1.94 bits per heavy atom. The Kier molecular flexibility index (Phi) is 8.53. The number of carbonyl (C=O) groups excluding carboxylic acids is 1. The van der Waals surface area contributed by atoms with Gasteiger partial charge in [0.15, 0.2) is 17.2 Å². The molecule has 0 spiro atoms. The normalized spacial score (nSPS) is 14.3. The molecule has 2 aromatic rings. The number of rotatable bonds is 9. The van der Waals surface area contributed by atoms with E-state index in [-0.39, 0.29) is 17.0 Å². The third-order valence-corrected chi connectivity index (χ3v) is 5.45. The van der Waals surface area contributed by atoms with Gasteiger partial charge in [0.25, 0.3) is 0 Å². The standard InChI is InChI=1S/C23H31ClN4O4/c1-15(2)14-32-20-11-16(5-6-19(20)30-3)13-28(17-7-9-25-10-8-17)21-12-18(22(29)31-4)26-23(24)27-21/h5-6,11-12,15,17,25H,7-10,13-14H2,1-4H3. The lowest BCUT2D eigenvalue weighted by Gasteiger charge is -2.36. The van der Waals surface area contributed by atoms with Crippen LogP contribution in [0.3, 0.4) is 0 Å². The van der Waals surface area contributed by atoms with Crippen molar-refractivity contribution in [1.82, 2.24) is 15.3 Å². The molecule has 1 aliphatic rings. The van der Waals surface area contributed by atoms with Crippen LogP contribution in [0.2, 0.25) is 5.28 Å². The van der Waals surface area contributed by atoms with Crippen LogP contribution in [0.25, 0.3) is 0 Å². The quantitative estimate of drug-likeness (QED) is 0.445. The Hall–Kier alpha value is -2.58. The molecule has 32 heavy (non-hydrogen) atoms. The van der Waals surface area contributed by atoms with E-state index in [0.717, 1.165) is 31.5 Å². The lowest BCUT2D eigenvalue weighted by molar-refractivity contribution is 0.0594. The number of nitrogens with zero attached hydrogens (tertiary/aromatic N) is 3. The van der Waals surface area contributed by atoms with E-state index in [1.165, 1.54) is 7.11 Å². The van der Waals surface area contributed by atoms with Gasteiger partial charge in [0.1, 0.15) is 5.82 Å². The molecule has 2 heterocycles. The number of piperidine rings is 1. The summed E-state index contributed by atoms with van der Waals surface area (Å²) in [5.41, 5.74) is 1.18. The van der Waals surface area contributed by atoms with Crippen LogP contribution in [0, 0.1) is 5.92 Å². The van der Waals surface area contributed by atoms with E-state index in [9.17, 15) is 4.79 Å². The second-order valence-corrected chi connectivity index (χ2v) is 8.51. The summed E-state index contributed by atoms with van der Waals surface area (Å²) < 4.78 is 16.3. The second-order valence-electron chi connectivity index (χ2n) is 8.17. The van der Waals surface area contributed by atoms with Gasteiger partial charge in [0.2, 0.25) is 5.28 Å². The van der Waals surface area contributed by atoms with Crippen LogP contribution in [0.1, 0.15) is 42.7 Å². The Balaban J connectivity index is 1.95. The Morgan fingerprint density at radius 1 is 1.19 bits per heavy atom. The molecule has 0 unspecified atom stereocenters. The second kappa shape index (κ2) is 11.3. The Morgan fingerprint density at radius 3 is 2.59 bits per heavy atom. The number of hydrogen-bond acceptors (Lipinski definition) is 8. The van der Waals surface area contributed by atoms with Crippen molar-refractivity contribution in [3.05, 3.63) is 40.8 Å². The average molecular weight is 463 g/mol. The van der Waals surface area contributed by atoms with Crippen LogP contribution in [-0.4, -0.2) is 55.9 Å². The lowest BCUT2D eigenvalue weighted by atomic mass is 10.0. The van der Waals surface area contributed by atoms with Crippen molar-refractivity contribution >= 4 is 23.4 Å². The summed E-state index contributed by atoms with van der Waals surface area (Å²) in [7, 11) is 2.95. The van der Waals surface area contributed by atoms with E-state index >= 15 is 0 Å². The van der Waals surface area contributed by atoms with Gasteiger partial charge in [-0.05, 0) is 61.1 Å². The van der Waals surface area contributed by atoms with Crippen molar-refractivity contribution in [1.29, 1.82) is 0 Å². The summed E-state index contributed by atoms with van der Waals surface area (Å²) in [4.78, 5) is 22.7. The molecule has 0 saturated carbocycles. The van der Waals surface area contributed by atoms with Crippen LogP contribution in [0.5, 0.6) is 11.5 Å². The number of aromatic nitrogens is 2. The summed E-state index contributed by atoms with van der Waals surface area (Å²) in [6.07, 6.45) is 1.89. The summed E-state index contributed by atoms with van der Waals surface area (Å²) in [6, 6.07) is 7.80. The van der Waals surface area contributed by atoms with Gasteiger partial charge in [0.05, 0.1) is 20.8 Å². The van der Waals surface area contributed by atoms with Gasteiger partial charge in [-0.15, -0.1) is 0 Å². The molecule has 0 radical (unpaired) electrons. The topological polar surface area (TPSA) is 85.8 Å². The van der Waals surface area contributed by atoms with Crippen molar-refractivity contribution in [3.8, 4) is 11.5 Å². The van der Waals surface area contributed by atoms with Gasteiger partial charge in [-0.2, -0.15) is 0 Å². The van der Waals surface area contributed by atoms with Crippen molar-refractivity contribution in [2.24, 2.45) is 5.92 Å². The van der Waals surface area contributed by atoms with Crippen molar-refractivity contribution in [2.45, 2.75) is 39.3 Å². The number of carbonyl (C=O) groups is 1. The predicted octanol–water partition coefficient (Wildman–Crippen LogP) is 3.72. The van der Waals surface area contributed by atoms with E-state index in [1.807, 2.05) is 18.2 Å². The third kappa shape index (κ3) is 6.23. The summed E-state index contributed by atoms with van der Waals surface area (Å²) in [5, 5.41) is 3.40. The van der Waals surface area contributed by atoms with Gasteiger partial charge in [-0.25, -0.2) is 14.8 Å². The SMILES string of the molecule is COC(=O)c1cc(N(Cc2ccc(OC)c(OCC(C)C)c2)C2CCNCC2)nc(Cl)n1. The summed E-state index contributed by atoms with van der Waals surface area (Å²) in [6.45, 7) is 7.20. The molecule has 1 saturated heterocycles. The number of anilines is 1. The zero-order chi connectivity index (χ0) is 23.1. The highest BCUT2D eigenvalue weighted by molar-refractivity contribution is 6.28. The first-order valence-electron chi connectivity index (χ1n) is 10.8. The molecule has 1 aliphatic heterocycles. The van der Waals surface area contributed by atoms with Crippen LogP contribution < -0.4 is 19.7 Å². The number of methoxy groups -OCH3 is 2. The minimum atomic E-state index is -0.547. The predicted molar refractivity (Wildman–Crippen MR) is 124 cm³/mol. The number of ether oxygens (including phenoxy) is 3. The first-order chi connectivity index (χ1) is 15.4. The Labute approximate surface area is 194 Å². The van der Waals surface area contributed by atoms with Crippen LogP contribution >= 0.6 is 11.6 Å². The van der Waals surface area contributed by atoms with Gasteiger partial charge in [-0.3, -0.25) is 0 Å². The van der Waals surface area contributed by atoms with E-state index in [0.29, 0.717) is 36.4 Å². The molecule has 1 N–H and O–H groups in total. The van der Waals surface area contributed by atoms with E-state index in [4.69, 9.17) is 25.8 Å². The molecule has 8 nitrogen and oxygen atoms in total. The van der Waals surface area contributed by atoms with Crippen molar-refractivity contribution in [2.75, 3.05) is 38.8 Å². The van der Waals surface area contributed by atoms with Crippen LogP contribution in [-0.2, 0) is 11.3 Å². The zero-order valence-corrected chi connectivity index (χ0v) is 19.8. The zero-order valence-electron chi connectivity index (χ0n) is 19.1. The van der Waals surface area contributed by atoms with Gasteiger partial charge in [0, 0.05) is 18.7 Å². The molecule has 1 aromatic carbocycles. The number of esters is 1. The molecule has 0 bridgehead atoms. The molecule has 3 rings (SSSR count). The molecular weight excluding hydrogens is 432 g/mol. The minimum Gasteiger partial charge on any atom is -0.493 e. The fraction of sp³-hybridized carbons (Fsp3) is 0.522. The minimum absolute atomic E-state index is 0.0116. The first-order valence-corrected chi connectivity index (χ1v) is 11.2. The Bertz CT molecular complexity index is 919. The third-order valence-electron chi connectivity index (χ3n) is 5.28. The van der Waals surface area contributed by atoms with Crippen molar-refractivity contribution < 1.29 is 19.0 Å². The fourth-order valence-electron chi connectivity index (χ4n) is 3.66. The number of nitrogens with one attached hydrogen (secondary N) is 1. The molecule has 174 valence electrons. The van der Waals surface area contributed by atoms with Gasteiger partial charge in [-0.1, -0.05) is 19.9 Å². The molecule has 0 atom stereocenters. The number of hydrogen-bond donors (Lipinski definition) is 1. The van der Waals surface area contributed by atoms with Crippen molar-refractivity contribution in [3.63, 3.8) is 0 Å². The fourth-order valence-corrected chi connectivity index (χ4v) is 3.84. The molecule has 9 heteroatoms. The maximum absolute atomic E-state index is 12.1. The first kappa shape index (κ1) is 24.1. The van der Waals surface area contributed by atoms with Crippen LogP contribution in [0.15, 0.2) is 24.3 Å². The smallest absolute Gasteiger partial charge is 0.356 e. The maximum Gasteiger partial charge on any atom is 0.356 e. The molecule has 1 aromatic heterocycles. The lowest BCUT2D eigenvalue weighted by Crippen LogP contribution is -2.43. The molecule has 0 amide bonds. The number of halogens is 1. The number of benzene rings is 1. The largest absolute Gasteiger partial charge is 0.493 e. The highest BCUT2D eigenvalue weighted by Gasteiger charge is 2.25. The monoisotopic (exact) mass is 462 g/mol. The molecule has 0 aliphatic carbocycles. The molecular formula is C23H31ClN4O4. The van der Waals surface area contributed by atoms with E-state index < -0.39 is 5.97 Å². The average Bonchev–Trinajstić information content (AvgIpc) is 2.80. The van der Waals surface area contributed by atoms with Crippen LogP contribution in [0.4, 0.5) is 5.82 Å². The summed E-state index contributed by atoms with van der Waals surface area (Å²) >= 11 is 6.17. The maximum atomic E-state index is 12.1.